The molecule has 0 saturated heterocycles. The smallest absolute Gasteiger partial charge is 0.211 e. The van der Waals surface area contributed by atoms with Gasteiger partial charge in [0.15, 0.2) is 0 Å². The summed E-state index contributed by atoms with van der Waals surface area (Å²) in [5, 5.41) is 10.8. The van der Waals surface area contributed by atoms with E-state index in [1.807, 2.05) is 14.0 Å². The lowest BCUT2D eigenvalue weighted by Gasteiger charge is -2.06. The molecule has 0 spiro atoms. The Kier molecular flexibility index (Phi) is 6.96. The first-order valence-corrected chi connectivity index (χ1v) is 8.21. The number of hydrogen-bond donors (Lipinski definition) is 2. The number of nitrogens with zero attached hydrogens (tertiary/aromatic N) is 3. The van der Waals surface area contributed by atoms with Crippen molar-refractivity contribution in [3.8, 4) is 0 Å². The minimum absolute atomic E-state index is 0.178. The van der Waals surface area contributed by atoms with Crippen molar-refractivity contribution in [3.05, 3.63) is 12.2 Å². The zero-order valence-electron chi connectivity index (χ0n) is 11.6. The molecule has 7 nitrogen and oxygen atoms in total. The minimum atomic E-state index is -3.17. The molecule has 2 N–H and O–H groups in total. The fourth-order valence-corrected chi connectivity index (χ4v) is 2.78. The molecule has 0 aliphatic rings. The van der Waals surface area contributed by atoms with Crippen LogP contribution in [-0.2, 0) is 23.5 Å². The van der Waals surface area contributed by atoms with E-state index in [-0.39, 0.29) is 5.75 Å². The summed E-state index contributed by atoms with van der Waals surface area (Å²) in [5.41, 5.74) is 0. The van der Waals surface area contributed by atoms with Gasteiger partial charge in [0.2, 0.25) is 10.0 Å². The Bertz CT molecular complexity index is 457. The SMILES string of the molecule is CCNCCCCS(=O)(=O)NCCc1nncn1C. The van der Waals surface area contributed by atoms with Crippen LogP contribution in [0.25, 0.3) is 0 Å². The van der Waals surface area contributed by atoms with Crippen molar-refractivity contribution in [2.45, 2.75) is 26.2 Å². The first-order chi connectivity index (χ1) is 9.05. The summed E-state index contributed by atoms with van der Waals surface area (Å²) in [6, 6.07) is 0. The van der Waals surface area contributed by atoms with E-state index in [0.29, 0.717) is 19.4 Å². The summed E-state index contributed by atoms with van der Waals surface area (Å²) in [5.74, 6) is 0.951. The van der Waals surface area contributed by atoms with Gasteiger partial charge >= 0.3 is 0 Å². The average molecular weight is 289 g/mol. The zero-order valence-corrected chi connectivity index (χ0v) is 12.4. The Hall–Kier alpha value is -0.990. The molecule has 110 valence electrons. The maximum Gasteiger partial charge on any atom is 0.211 e. The van der Waals surface area contributed by atoms with Crippen LogP contribution in [0.2, 0.25) is 0 Å². The maximum atomic E-state index is 11.7. The predicted octanol–water partition coefficient (Wildman–Crippen LogP) is -0.333. The Balaban J connectivity index is 2.18. The number of unbranched alkanes of at least 4 members (excludes halogenated alkanes) is 1. The van der Waals surface area contributed by atoms with Crippen molar-refractivity contribution in [3.63, 3.8) is 0 Å². The summed E-state index contributed by atoms with van der Waals surface area (Å²) in [7, 11) is -1.33. The molecule has 0 aliphatic carbocycles. The highest BCUT2D eigenvalue weighted by atomic mass is 32.2. The largest absolute Gasteiger partial charge is 0.321 e. The number of sulfonamides is 1. The molecule has 1 aromatic heterocycles. The van der Waals surface area contributed by atoms with Crippen LogP contribution in [0.15, 0.2) is 6.33 Å². The van der Waals surface area contributed by atoms with Crippen molar-refractivity contribution >= 4 is 10.0 Å². The van der Waals surface area contributed by atoms with Crippen molar-refractivity contribution < 1.29 is 8.42 Å². The first-order valence-electron chi connectivity index (χ1n) is 6.56. The third-order valence-corrected chi connectivity index (χ3v) is 4.21. The monoisotopic (exact) mass is 289 g/mol. The highest BCUT2D eigenvalue weighted by Crippen LogP contribution is 1.96. The molecule has 0 fully saturated rings. The van der Waals surface area contributed by atoms with Gasteiger partial charge in [0.1, 0.15) is 12.2 Å². The van der Waals surface area contributed by atoms with E-state index < -0.39 is 10.0 Å². The molecule has 0 aromatic carbocycles. The van der Waals surface area contributed by atoms with Crippen LogP contribution in [0.4, 0.5) is 0 Å². The highest BCUT2D eigenvalue weighted by molar-refractivity contribution is 7.89. The van der Waals surface area contributed by atoms with Gasteiger partial charge in [-0.3, -0.25) is 0 Å². The van der Waals surface area contributed by atoms with E-state index in [1.54, 1.807) is 10.9 Å². The second-order valence-corrected chi connectivity index (χ2v) is 6.31. The summed E-state index contributed by atoms with van der Waals surface area (Å²) in [4.78, 5) is 0. The topological polar surface area (TPSA) is 88.9 Å². The lowest BCUT2D eigenvalue weighted by Crippen LogP contribution is -2.29. The van der Waals surface area contributed by atoms with Crippen molar-refractivity contribution in [1.82, 2.24) is 24.8 Å². The molecule has 19 heavy (non-hydrogen) atoms. The summed E-state index contributed by atoms with van der Waals surface area (Å²) in [6.45, 7) is 4.18. The predicted molar refractivity (Wildman–Crippen MR) is 74.3 cm³/mol. The standard InChI is InChI=1S/C11H23N5O2S/c1-3-12-7-4-5-9-19(17,18)14-8-6-11-15-13-10-16(11)2/h10,12,14H,3-9H2,1-2H3. The molecule has 0 amide bonds. The maximum absolute atomic E-state index is 11.7. The van der Waals surface area contributed by atoms with Gasteiger partial charge in [-0.05, 0) is 25.9 Å². The Morgan fingerprint density at radius 2 is 2.11 bits per heavy atom. The molecular weight excluding hydrogens is 266 g/mol. The van der Waals surface area contributed by atoms with Crippen molar-refractivity contribution in [1.29, 1.82) is 0 Å². The third-order valence-electron chi connectivity index (χ3n) is 2.74. The quantitative estimate of drug-likeness (QED) is 0.576. The summed E-state index contributed by atoms with van der Waals surface area (Å²) < 4.78 is 27.8. The van der Waals surface area contributed by atoms with Crippen LogP contribution >= 0.6 is 0 Å². The Labute approximate surface area is 114 Å². The molecule has 0 unspecified atom stereocenters. The molecule has 0 saturated carbocycles. The third kappa shape index (κ3) is 6.65. The number of nitrogens with one attached hydrogen (secondary N) is 2. The van der Waals surface area contributed by atoms with Crippen LogP contribution in [-0.4, -0.2) is 48.6 Å². The second kappa shape index (κ2) is 8.23. The molecule has 0 aliphatic heterocycles. The molecular formula is C11H23N5O2S. The molecule has 1 rings (SSSR count). The van der Waals surface area contributed by atoms with Gasteiger partial charge in [0, 0.05) is 20.0 Å². The van der Waals surface area contributed by atoms with E-state index in [0.717, 1.165) is 25.3 Å². The van der Waals surface area contributed by atoms with Crippen LogP contribution in [0.1, 0.15) is 25.6 Å². The summed E-state index contributed by atoms with van der Waals surface area (Å²) in [6.07, 6.45) is 3.70. The number of aromatic nitrogens is 3. The van der Waals surface area contributed by atoms with E-state index in [1.165, 1.54) is 0 Å². The number of rotatable bonds is 10. The molecule has 8 heteroatoms. The molecule has 1 heterocycles. The van der Waals surface area contributed by atoms with Gasteiger partial charge in [-0.1, -0.05) is 6.92 Å². The van der Waals surface area contributed by atoms with Crippen molar-refractivity contribution in [2.75, 3.05) is 25.4 Å². The van der Waals surface area contributed by atoms with E-state index in [2.05, 4.69) is 20.2 Å². The van der Waals surface area contributed by atoms with E-state index >= 15 is 0 Å². The van der Waals surface area contributed by atoms with E-state index in [9.17, 15) is 8.42 Å². The fraction of sp³-hybridized carbons (Fsp3) is 0.818. The van der Waals surface area contributed by atoms with Crippen LogP contribution in [0.3, 0.4) is 0 Å². The van der Waals surface area contributed by atoms with Gasteiger partial charge in [0.25, 0.3) is 0 Å². The number of aryl methyl sites for hydroxylation is 1. The van der Waals surface area contributed by atoms with Gasteiger partial charge in [-0.2, -0.15) is 0 Å². The molecule has 1 aromatic rings. The van der Waals surface area contributed by atoms with Crippen LogP contribution in [0.5, 0.6) is 0 Å². The fourth-order valence-electron chi connectivity index (χ4n) is 1.64. The molecule has 0 bridgehead atoms. The second-order valence-electron chi connectivity index (χ2n) is 4.38. The van der Waals surface area contributed by atoms with E-state index in [4.69, 9.17) is 0 Å². The van der Waals surface area contributed by atoms with Gasteiger partial charge in [-0.15, -0.1) is 10.2 Å². The lowest BCUT2D eigenvalue weighted by molar-refractivity contribution is 0.573. The molecule has 0 radical (unpaired) electrons. The Morgan fingerprint density at radius 1 is 1.32 bits per heavy atom. The van der Waals surface area contributed by atoms with Crippen molar-refractivity contribution in [2.24, 2.45) is 7.05 Å². The average Bonchev–Trinajstić information content (AvgIpc) is 2.75. The van der Waals surface area contributed by atoms with Gasteiger partial charge in [0.05, 0.1) is 5.75 Å². The minimum Gasteiger partial charge on any atom is -0.321 e. The zero-order chi connectivity index (χ0) is 14.1. The summed E-state index contributed by atoms with van der Waals surface area (Å²) >= 11 is 0. The normalized spacial score (nSPS) is 11.9. The van der Waals surface area contributed by atoms with Gasteiger partial charge in [-0.25, -0.2) is 13.1 Å². The molecule has 0 atom stereocenters. The number of hydrogen-bond acceptors (Lipinski definition) is 5. The highest BCUT2D eigenvalue weighted by Gasteiger charge is 2.09. The Morgan fingerprint density at radius 3 is 2.74 bits per heavy atom. The lowest BCUT2D eigenvalue weighted by atomic mass is 10.3. The van der Waals surface area contributed by atoms with Crippen LogP contribution in [0, 0.1) is 0 Å². The first kappa shape index (κ1) is 16.1. The van der Waals surface area contributed by atoms with Crippen LogP contribution < -0.4 is 10.0 Å². The van der Waals surface area contributed by atoms with Gasteiger partial charge < -0.3 is 9.88 Å².